The monoisotopic (exact) mass is 343 g/mol. The normalized spacial score (nSPS) is 12.0. The van der Waals surface area contributed by atoms with Crippen molar-refractivity contribution in [2.24, 2.45) is 7.05 Å². The van der Waals surface area contributed by atoms with Gasteiger partial charge in [-0.1, -0.05) is 0 Å². The molecule has 9 heteroatoms. The van der Waals surface area contributed by atoms with Crippen molar-refractivity contribution in [3.8, 4) is 5.75 Å². The van der Waals surface area contributed by atoms with Crippen LogP contribution in [0.2, 0.25) is 0 Å². The van der Waals surface area contributed by atoms with Crippen molar-refractivity contribution in [3.63, 3.8) is 0 Å². The van der Waals surface area contributed by atoms with Gasteiger partial charge in [-0.15, -0.1) is 0 Å². The average molecular weight is 343 g/mol. The first kappa shape index (κ1) is 17.1. The van der Waals surface area contributed by atoms with Crippen LogP contribution in [0.5, 0.6) is 5.75 Å². The smallest absolute Gasteiger partial charge is 0.276 e. The lowest BCUT2D eigenvalue weighted by Gasteiger charge is -2.09. The fraction of sp³-hybridized carbons (Fsp3) is 0.214. The molecule has 0 saturated heterocycles. The lowest BCUT2D eigenvalue weighted by molar-refractivity contribution is 0.101. The lowest BCUT2D eigenvalue weighted by atomic mass is 10.3. The number of hydrogen-bond donors (Lipinski definition) is 2. The van der Waals surface area contributed by atoms with E-state index in [1.165, 1.54) is 31.0 Å². The second kappa shape index (κ2) is 6.88. The van der Waals surface area contributed by atoms with Gasteiger partial charge in [0.1, 0.15) is 15.9 Å². The van der Waals surface area contributed by atoms with Gasteiger partial charge in [-0.2, -0.15) is 0 Å². The molecule has 124 valence electrons. The van der Waals surface area contributed by atoms with Crippen LogP contribution in [0, 0.1) is 11.6 Å². The van der Waals surface area contributed by atoms with Gasteiger partial charge >= 0.3 is 0 Å². The first-order valence-electron chi connectivity index (χ1n) is 6.48. The first-order valence-corrected chi connectivity index (χ1v) is 7.62. The molecule has 0 aliphatic heterocycles. The number of anilines is 1. The fourth-order valence-electron chi connectivity index (χ4n) is 2.04. The predicted molar refractivity (Wildman–Crippen MR) is 81.7 cm³/mol. The van der Waals surface area contributed by atoms with Crippen LogP contribution in [-0.4, -0.2) is 28.8 Å². The van der Waals surface area contributed by atoms with Gasteiger partial charge in [0.15, 0.2) is 23.1 Å². The molecule has 2 aromatic rings. The van der Waals surface area contributed by atoms with E-state index in [9.17, 15) is 17.8 Å². The van der Waals surface area contributed by atoms with E-state index in [1.54, 1.807) is 7.05 Å². The molecule has 23 heavy (non-hydrogen) atoms. The molecule has 6 nitrogen and oxygen atoms in total. The number of benzene rings is 1. The largest absolute Gasteiger partial charge is 0.493 e. The molecular formula is C14H15F2N3O3S. The van der Waals surface area contributed by atoms with Gasteiger partial charge in [0, 0.05) is 25.0 Å². The Morgan fingerprint density at radius 2 is 2.00 bits per heavy atom. The maximum Gasteiger partial charge on any atom is 0.276 e. The molecule has 0 aliphatic rings. The number of aryl methyl sites for hydroxylation is 1. The summed E-state index contributed by atoms with van der Waals surface area (Å²) in [4.78, 5) is 12.7. The number of nitrogens with zero attached hydrogens (tertiary/aromatic N) is 1. The van der Waals surface area contributed by atoms with Crippen LogP contribution in [0.3, 0.4) is 0 Å². The number of aromatic nitrogens is 1. The minimum absolute atomic E-state index is 0.0912. The Labute approximate surface area is 134 Å². The average Bonchev–Trinajstić information content (AvgIpc) is 2.86. The molecule has 1 unspecified atom stereocenters. The molecule has 1 heterocycles. The molecule has 1 aromatic carbocycles. The van der Waals surface area contributed by atoms with Gasteiger partial charge in [0.2, 0.25) is 0 Å². The third-order valence-corrected chi connectivity index (χ3v) is 4.15. The first-order chi connectivity index (χ1) is 10.9. The summed E-state index contributed by atoms with van der Waals surface area (Å²) in [6.07, 6.45) is 1.49. The molecular weight excluding hydrogens is 328 g/mol. The number of methoxy groups -OCH3 is 1. The van der Waals surface area contributed by atoms with Crippen molar-refractivity contribution in [2.45, 2.75) is 4.90 Å². The van der Waals surface area contributed by atoms with Crippen molar-refractivity contribution in [1.29, 1.82) is 0 Å². The van der Waals surface area contributed by atoms with E-state index in [0.29, 0.717) is 4.90 Å². The van der Waals surface area contributed by atoms with E-state index < -0.39 is 28.5 Å². The number of nitrogens with one attached hydrogen (secondary N) is 2. The van der Waals surface area contributed by atoms with E-state index in [2.05, 4.69) is 10.0 Å². The molecule has 0 saturated carbocycles. The number of rotatable bonds is 5. The summed E-state index contributed by atoms with van der Waals surface area (Å²) in [5.41, 5.74) is 0.198. The van der Waals surface area contributed by atoms with Gasteiger partial charge in [0.05, 0.1) is 7.11 Å². The maximum absolute atomic E-state index is 13.2. The zero-order valence-corrected chi connectivity index (χ0v) is 13.5. The van der Waals surface area contributed by atoms with Gasteiger partial charge in [-0.3, -0.25) is 4.79 Å². The van der Waals surface area contributed by atoms with E-state index in [1.807, 2.05) is 0 Å². The molecule has 2 rings (SSSR count). The van der Waals surface area contributed by atoms with E-state index in [0.717, 1.165) is 12.1 Å². The topological polar surface area (TPSA) is 72.4 Å². The molecule has 0 radical (unpaired) electrons. The van der Waals surface area contributed by atoms with Crippen LogP contribution in [-0.2, 0) is 18.0 Å². The lowest BCUT2D eigenvalue weighted by Crippen LogP contribution is -2.17. The fourth-order valence-corrected chi connectivity index (χ4v) is 2.86. The van der Waals surface area contributed by atoms with Crippen molar-refractivity contribution >= 4 is 22.6 Å². The van der Waals surface area contributed by atoms with Crippen LogP contribution < -0.4 is 14.8 Å². The molecule has 2 N–H and O–H groups in total. The number of carbonyl (C=O) groups excluding carboxylic acids is 1. The van der Waals surface area contributed by atoms with Crippen molar-refractivity contribution in [3.05, 3.63) is 41.7 Å². The zero-order valence-electron chi connectivity index (χ0n) is 12.6. The van der Waals surface area contributed by atoms with Crippen LogP contribution in [0.1, 0.15) is 10.5 Å². The third kappa shape index (κ3) is 3.40. The SMILES string of the molecule is CNS(=O)c1cn(C)c(C(=O)Nc2ccc(F)c(F)c2)c1OC. The molecule has 1 aromatic heterocycles. The minimum atomic E-state index is -1.55. The van der Waals surface area contributed by atoms with Crippen LogP contribution in [0.15, 0.2) is 29.3 Å². The zero-order chi connectivity index (χ0) is 17.1. The van der Waals surface area contributed by atoms with Crippen LogP contribution in [0.4, 0.5) is 14.5 Å². The summed E-state index contributed by atoms with van der Waals surface area (Å²) in [5, 5.41) is 2.45. The highest BCUT2D eigenvalue weighted by atomic mass is 32.2. The molecule has 1 atom stereocenters. The Hall–Kier alpha value is -2.26. The molecule has 0 bridgehead atoms. The van der Waals surface area contributed by atoms with E-state index >= 15 is 0 Å². The standard InChI is InChI=1S/C14H15F2N3O3S/c1-17-23(21)11-7-19(2)12(13(11)22-3)14(20)18-8-4-5-9(15)10(16)6-8/h4-7,17H,1-3H3,(H,18,20). The highest BCUT2D eigenvalue weighted by molar-refractivity contribution is 7.83. The van der Waals surface area contributed by atoms with Crippen molar-refractivity contribution in [2.75, 3.05) is 19.5 Å². The van der Waals surface area contributed by atoms with Gasteiger partial charge in [0.25, 0.3) is 5.91 Å². The highest BCUT2D eigenvalue weighted by Crippen LogP contribution is 2.29. The molecule has 0 spiro atoms. The summed E-state index contributed by atoms with van der Waals surface area (Å²) >= 11 is 0. The molecule has 0 aliphatic carbocycles. The number of amides is 1. The van der Waals surface area contributed by atoms with Crippen molar-refractivity contribution in [1.82, 2.24) is 9.29 Å². The Morgan fingerprint density at radius 1 is 1.30 bits per heavy atom. The second-order valence-electron chi connectivity index (χ2n) is 4.54. The summed E-state index contributed by atoms with van der Waals surface area (Å²) < 4.78 is 47.2. The summed E-state index contributed by atoms with van der Waals surface area (Å²) in [7, 11) is 2.89. The van der Waals surface area contributed by atoms with Crippen molar-refractivity contribution < 1.29 is 22.5 Å². The number of ether oxygens (including phenoxy) is 1. The predicted octanol–water partition coefficient (Wildman–Crippen LogP) is 1.81. The van der Waals surface area contributed by atoms with Crippen LogP contribution >= 0.6 is 0 Å². The minimum Gasteiger partial charge on any atom is -0.493 e. The highest BCUT2D eigenvalue weighted by Gasteiger charge is 2.24. The molecule has 1 amide bonds. The summed E-state index contributed by atoms with van der Waals surface area (Å²) in [5.74, 6) is -2.54. The molecule has 0 fully saturated rings. The summed E-state index contributed by atoms with van der Waals surface area (Å²) in [6, 6.07) is 3.02. The van der Waals surface area contributed by atoms with E-state index in [4.69, 9.17) is 4.74 Å². The summed E-state index contributed by atoms with van der Waals surface area (Å²) in [6.45, 7) is 0. The Kier molecular flexibility index (Phi) is 5.12. The Balaban J connectivity index is 2.37. The van der Waals surface area contributed by atoms with Crippen LogP contribution in [0.25, 0.3) is 0 Å². The number of halogens is 2. The Bertz CT molecular complexity index is 777. The number of hydrogen-bond acceptors (Lipinski definition) is 3. The van der Waals surface area contributed by atoms with Gasteiger partial charge < -0.3 is 14.6 Å². The van der Waals surface area contributed by atoms with E-state index in [-0.39, 0.29) is 17.1 Å². The third-order valence-electron chi connectivity index (χ3n) is 3.08. The van der Waals surface area contributed by atoms with Gasteiger partial charge in [-0.25, -0.2) is 17.7 Å². The number of carbonyl (C=O) groups is 1. The Morgan fingerprint density at radius 3 is 2.57 bits per heavy atom. The second-order valence-corrected chi connectivity index (χ2v) is 5.93. The maximum atomic E-state index is 13.2. The quantitative estimate of drug-likeness (QED) is 0.870. The van der Waals surface area contributed by atoms with Gasteiger partial charge in [-0.05, 0) is 19.2 Å².